The molecule has 6 heteroatoms. The molecule has 29 heavy (non-hydrogen) atoms. The number of rotatable bonds is 2. The van der Waals surface area contributed by atoms with Crippen LogP contribution in [0.2, 0.25) is 0 Å². The first-order chi connectivity index (χ1) is 13.7. The number of allylic oxidation sites excluding steroid dienone is 1. The van der Waals surface area contributed by atoms with Crippen molar-refractivity contribution in [2.75, 3.05) is 13.2 Å². The largest absolute Gasteiger partial charge is 0.443 e. The Bertz CT molecular complexity index is 959. The Kier molecular flexibility index (Phi) is 5.03. The number of fused-ring (bicyclic) bond motifs is 1. The molecule has 3 heterocycles. The maximum absolute atomic E-state index is 12.7. The zero-order valence-electron chi connectivity index (χ0n) is 17.9. The van der Waals surface area contributed by atoms with Crippen LogP contribution in [0.3, 0.4) is 0 Å². The van der Waals surface area contributed by atoms with Crippen LogP contribution in [0.15, 0.2) is 24.4 Å². The molecular formula is C23H30N2O4. The fourth-order valence-corrected chi connectivity index (χ4v) is 3.99. The fraction of sp³-hybridized carbons (Fsp3) is 0.565. The summed E-state index contributed by atoms with van der Waals surface area (Å²) in [5.41, 5.74) is 4.29. The predicted molar refractivity (Wildman–Crippen MR) is 112 cm³/mol. The topological polar surface area (TPSA) is 62.6 Å². The molecule has 0 bridgehead atoms. The van der Waals surface area contributed by atoms with Crippen LogP contribution in [0.5, 0.6) is 0 Å². The van der Waals surface area contributed by atoms with Gasteiger partial charge < -0.3 is 14.2 Å². The Morgan fingerprint density at radius 2 is 1.97 bits per heavy atom. The third-order valence-corrected chi connectivity index (χ3v) is 5.46. The van der Waals surface area contributed by atoms with Gasteiger partial charge in [0.15, 0.2) is 5.79 Å². The summed E-state index contributed by atoms with van der Waals surface area (Å²) in [5.74, 6) is -0.190. The second-order valence-corrected chi connectivity index (χ2v) is 9.19. The Morgan fingerprint density at radius 3 is 2.55 bits per heavy atom. The standard InChI is InChI=1S/C23H30N2O4/c1-15(2)17-14-25(21(26)29-22(3,4)5)19-7-6-18(24-20(17)19)16-8-10-23(11-9-16)27-12-13-28-23/h6-8,14-15H,9-13H2,1-5H3. The lowest BCUT2D eigenvalue weighted by Gasteiger charge is -2.30. The molecule has 1 fully saturated rings. The van der Waals surface area contributed by atoms with Crippen molar-refractivity contribution in [2.45, 2.75) is 71.2 Å². The Labute approximate surface area is 171 Å². The number of aromatic nitrogens is 2. The van der Waals surface area contributed by atoms with Gasteiger partial charge in [0.25, 0.3) is 0 Å². The van der Waals surface area contributed by atoms with Crippen molar-refractivity contribution in [3.8, 4) is 0 Å². The van der Waals surface area contributed by atoms with Gasteiger partial charge in [-0.25, -0.2) is 9.78 Å². The average molecular weight is 399 g/mol. The van der Waals surface area contributed by atoms with Crippen LogP contribution < -0.4 is 0 Å². The van der Waals surface area contributed by atoms with Crippen molar-refractivity contribution < 1.29 is 19.0 Å². The summed E-state index contributed by atoms with van der Waals surface area (Å²) >= 11 is 0. The van der Waals surface area contributed by atoms with Crippen molar-refractivity contribution in [1.29, 1.82) is 0 Å². The third-order valence-electron chi connectivity index (χ3n) is 5.46. The molecule has 156 valence electrons. The molecular weight excluding hydrogens is 368 g/mol. The molecule has 1 saturated heterocycles. The molecule has 0 radical (unpaired) electrons. The number of hydrogen-bond acceptors (Lipinski definition) is 5. The van der Waals surface area contributed by atoms with E-state index in [1.165, 1.54) is 5.57 Å². The maximum Gasteiger partial charge on any atom is 0.419 e. The van der Waals surface area contributed by atoms with Crippen molar-refractivity contribution >= 4 is 22.7 Å². The molecule has 1 aliphatic carbocycles. The second kappa shape index (κ2) is 7.26. The Hall–Kier alpha value is -2.18. The molecule has 0 N–H and O–H groups in total. The van der Waals surface area contributed by atoms with Gasteiger partial charge in [-0.1, -0.05) is 19.9 Å². The first kappa shape index (κ1) is 20.1. The zero-order chi connectivity index (χ0) is 20.8. The monoisotopic (exact) mass is 398 g/mol. The van der Waals surface area contributed by atoms with Crippen molar-refractivity contribution in [3.05, 3.63) is 35.7 Å². The number of carbonyl (C=O) groups is 1. The highest BCUT2D eigenvalue weighted by atomic mass is 16.7. The summed E-state index contributed by atoms with van der Waals surface area (Å²) < 4.78 is 18.8. The minimum atomic E-state index is -0.549. The van der Waals surface area contributed by atoms with E-state index >= 15 is 0 Å². The molecule has 6 nitrogen and oxygen atoms in total. The van der Waals surface area contributed by atoms with Gasteiger partial charge in [-0.15, -0.1) is 0 Å². The van der Waals surface area contributed by atoms with Crippen molar-refractivity contribution in [3.63, 3.8) is 0 Å². The molecule has 1 spiro atoms. The molecule has 0 aromatic carbocycles. The highest BCUT2D eigenvalue weighted by Crippen LogP contribution is 2.38. The molecule has 2 aromatic heterocycles. The lowest BCUT2D eigenvalue weighted by molar-refractivity contribution is -0.159. The summed E-state index contributed by atoms with van der Waals surface area (Å²) in [6.45, 7) is 11.2. The van der Waals surface area contributed by atoms with E-state index in [0.717, 1.165) is 41.6 Å². The van der Waals surface area contributed by atoms with Gasteiger partial charge >= 0.3 is 6.09 Å². The summed E-state index contributed by atoms with van der Waals surface area (Å²) in [5, 5.41) is 0. The maximum atomic E-state index is 12.7. The average Bonchev–Trinajstić information content (AvgIpc) is 3.25. The Balaban J connectivity index is 1.69. The zero-order valence-corrected chi connectivity index (χ0v) is 17.9. The lowest BCUT2D eigenvalue weighted by Crippen LogP contribution is -2.31. The molecule has 2 aromatic rings. The van der Waals surface area contributed by atoms with Gasteiger partial charge in [0.1, 0.15) is 5.60 Å². The lowest BCUT2D eigenvalue weighted by atomic mass is 9.92. The predicted octanol–water partition coefficient (Wildman–Crippen LogP) is 5.25. The quantitative estimate of drug-likeness (QED) is 0.691. The van der Waals surface area contributed by atoms with E-state index in [4.69, 9.17) is 19.2 Å². The van der Waals surface area contributed by atoms with E-state index in [2.05, 4.69) is 19.9 Å². The van der Waals surface area contributed by atoms with Crippen LogP contribution in [0, 0.1) is 0 Å². The smallest absolute Gasteiger partial charge is 0.419 e. The normalized spacial score (nSPS) is 19.2. The minimum Gasteiger partial charge on any atom is -0.443 e. The SMILES string of the molecule is CC(C)c1cn(C(=O)OC(C)(C)C)c2ccc(C3=CCC4(CC3)OCCO4)nc12. The Morgan fingerprint density at radius 1 is 1.24 bits per heavy atom. The molecule has 0 unspecified atom stereocenters. The van der Waals surface area contributed by atoms with Gasteiger partial charge in [-0.05, 0) is 56.4 Å². The van der Waals surface area contributed by atoms with Crippen LogP contribution in [0.1, 0.15) is 71.1 Å². The highest BCUT2D eigenvalue weighted by Gasteiger charge is 2.38. The minimum absolute atomic E-state index is 0.243. The molecule has 1 aliphatic heterocycles. The summed E-state index contributed by atoms with van der Waals surface area (Å²) in [4.78, 5) is 17.7. The van der Waals surface area contributed by atoms with Crippen molar-refractivity contribution in [1.82, 2.24) is 9.55 Å². The van der Waals surface area contributed by atoms with Crippen LogP contribution in [0.4, 0.5) is 4.79 Å². The van der Waals surface area contributed by atoms with Crippen molar-refractivity contribution in [2.24, 2.45) is 0 Å². The number of nitrogens with zero attached hydrogens (tertiary/aromatic N) is 2. The van der Waals surface area contributed by atoms with Crippen LogP contribution >= 0.6 is 0 Å². The molecule has 4 rings (SSSR count). The van der Waals surface area contributed by atoms with Gasteiger partial charge in [-0.2, -0.15) is 0 Å². The molecule has 0 atom stereocenters. The van der Waals surface area contributed by atoms with Gasteiger partial charge in [0, 0.05) is 19.0 Å². The third kappa shape index (κ3) is 3.96. The van der Waals surface area contributed by atoms with E-state index < -0.39 is 11.4 Å². The van der Waals surface area contributed by atoms with Crippen LogP contribution in [0.25, 0.3) is 16.6 Å². The fourth-order valence-electron chi connectivity index (χ4n) is 3.99. The number of carbonyl (C=O) groups excluding carboxylic acids is 1. The van der Waals surface area contributed by atoms with Crippen LogP contribution in [-0.2, 0) is 14.2 Å². The van der Waals surface area contributed by atoms with E-state index in [1.807, 2.05) is 39.1 Å². The molecule has 2 aliphatic rings. The van der Waals surface area contributed by atoms with E-state index in [-0.39, 0.29) is 12.0 Å². The first-order valence-electron chi connectivity index (χ1n) is 10.4. The van der Waals surface area contributed by atoms with E-state index in [1.54, 1.807) is 4.57 Å². The highest BCUT2D eigenvalue weighted by molar-refractivity contribution is 5.91. The molecule has 0 saturated carbocycles. The van der Waals surface area contributed by atoms with E-state index in [0.29, 0.717) is 13.2 Å². The van der Waals surface area contributed by atoms with Crippen LogP contribution in [-0.4, -0.2) is 40.2 Å². The second-order valence-electron chi connectivity index (χ2n) is 9.19. The number of pyridine rings is 1. The van der Waals surface area contributed by atoms with Gasteiger partial charge in [0.05, 0.1) is 29.9 Å². The summed E-state index contributed by atoms with van der Waals surface area (Å²) in [6.07, 6.45) is 6.13. The molecule has 0 amide bonds. The summed E-state index contributed by atoms with van der Waals surface area (Å²) in [6, 6.07) is 3.97. The van der Waals surface area contributed by atoms with Gasteiger partial charge in [-0.3, -0.25) is 4.57 Å². The van der Waals surface area contributed by atoms with Gasteiger partial charge in [0.2, 0.25) is 0 Å². The van der Waals surface area contributed by atoms with E-state index in [9.17, 15) is 4.79 Å². The number of hydrogen-bond donors (Lipinski definition) is 0. The number of ether oxygens (including phenoxy) is 3. The summed E-state index contributed by atoms with van der Waals surface area (Å²) in [7, 11) is 0. The first-order valence-corrected chi connectivity index (χ1v) is 10.4.